The van der Waals surface area contributed by atoms with E-state index in [1.807, 2.05) is 0 Å². The van der Waals surface area contributed by atoms with Crippen LogP contribution < -0.4 is 5.32 Å². The van der Waals surface area contributed by atoms with E-state index in [0.29, 0.717) is 19.1 Å². The lowest BCUT2D eigenvalue weighted by Crippen LogP contribution is -2.55. The van der Waals surface area contributed by atoms with Crippen molar-refractivity contribution in [1.29, 1.82) is 0 Å². The molecule has 1 heterocycles. The second-order valence-corrected chi connectivity index (χ2v) is 4.45. The first kappa shape index (κ1) is 13.0. The zero-order valence-electron chi connectivity index (χ0n) is 10.2. The van der Waals surface area contributed by atoms with Crippen molar-refractivity contribution in [1.82, 2.24) is 10.2 Å². The summed E-state index contributed by atoms with van der Waals surface area (Å²) in [6.45, 7) is 6.19. The van der Waals surface area contributed by atoms with Gasteiger partial charge in [-0.1, -0.05) is 5.92 Å². The molecule has 0 saturated carbocycles. The molecule has 1 saturated heterocycles. The maximum Gasteiger partial charge on any atom is 0.327 e. The number of likely N-dealkylation sites (tertiary alicyclic amines) is 1. The van der Waals surface area contributed by atoms with Crippen molar-refractivity contribution in [2.75, 3.05) is 26.7 Å². The Morgan fingerprint density at radius 3 is 2.81 bits per heavy atom. The molecule has 0 amide bonds. The highest BCUT2D eigenvalue weighted by molar-refractivity contribution is 5.81. The summed E-state index contributed by atoms with van der Waals surface area (Å²) in [5.41, 5.74) is -0.620. The SMILES string of the molecule is C#CCNC1(C(=O)OC)CCN(C(C)C)C1. The Balaban J connectivity index is 2.75. The lowest BCUT2D eigenvalue weighted by molar-refractivity contribution is -0.148. The van der Waals surface area contributed by atoms with Crippen LogP contribution >= 0.6 is 0 Å². The standard InChI is InChI=1S/C12H20N2O2/c1-5-7-13-12(11(15)16-4)6-8-14(9-12)10(2)3/h1,10,13H,6-9H2,2-4H3. The van der Waals surface area contributed by atoms with E-state index < -0.39 is 5.54 Å². The zero-order valence-corrected chi connectivity index (χ0v) is 10.2. The van der Waals surface area contributed by atoms with Gasteiger partial charge in [0.1, 0.15) is 5.54 Å². The third-order valence-corrected chi connectivity index (χ3v) is 3.13. The van der Waals surface area contributed by atoms with Crippen molar-refractivity contribution in [2.24, 2.45) is 0 Å². The number of rotatable bonds is 4. The second kappa shape index (κ2) is 5.33. The van der Waals surface area contributed by atoms with E-state index in [1.165, 1.54) is 7.11 Å². The predicted molar refractivity (Wildman–Crippen MR) is 62.9 cm³/mol. The van der Waals surface area contributed by atoms with E-state index in [-0.39, 0.29) is 5.97 Å². The lowest BCUT2D eigenvalue weighted by atomic mass is 9.99. The molecular formula is C12H20N2O2. The van der Waals surface area contributed by atoms with Gasteiger partial charge in [-0.2, -0.15) is 0 Å². The molecule has 1 aliphatic rings. The molecule has 1 atom stereocenters. The van der Waals surface area contributed by atoms with Gasteiger partial charge in [-0.3, -0.25) is 15.0 Å². The van der Waals surface area contributed by atoms with Crippen molar-refractivity contribution in [3.8, 4) is 12.3 Å². The Labute approximate surface area is 97.3 Å². The molecule has 90 valence electrons. The minimum atomic E-state index is -0.620. The highest BCUT2D eigenvalue weighted by Gasteiger charge is 2.45. The predicted octanol–water partition coefficient (Wildman–Crippen LogP) is 0.235. The molecule has 1 aliphatic heterocycles. The van der Waals surface area contributed by atoms with E-state index in [1.54, 1.807) is 0 Å². The molecule has 0 aromatic heterocycles. The van der Waals surface area contributed by atoms with Crippen molar-refractivity contribution < 1.29 is 9.53 Å². The fourth-order valence-electron chi connectivity index (χ4n) is 2.08. The number of hydrogen-bond donors (Lipinski definition) is 1. The Hall–Kier alpha value is -1.05. The van der Waals surface area contributed by atoms with E-state index in [9.17, 15) is 4.79 Å². The van der Waals surface area contributed by atoms with Crippen molar-refractivity contribution >= 4 is 5.97 Å². The smallest absolute Gasteiger partial charge is 0.327 e. The zero-order chi connectivity index (χ0) is 12.2. The minimum absolute atomic E-state index is 0.217. The van der Waals surface area contributed by atoms with E-state index >= 15 is 0 Å². The van der Waals surface area contributed by atoms with E-state index in [2.05, 4.69) is 30.0 Å². The molecule has 0 bridgehead atoms. The minimum Gasteiger partial charge on any atom is -0.468 e. The molecule has 1 fully saturated rings. The summed E-state index contributed by atoms with van der Waals surface area (Å²) in [5, 5.41) is 3.13. The van der Waals surface area contributed by atoms with Crippen LogP contribution in [0.2, 0.25) is 0 Å². The van der Waals surface area contributed by atoms with Crippen LogP contribution in [0.1, 0.15) is 20.3 Å². The molecule has 0 spiro atoms. The third kappa shape index (κ3) is 2.55. The number of nitrogens with one attached hydrogen (secondary N) is 1. The van der Waals surface area contributed by atoms with Crippen LogP contribution in [0.25, 0.3) is 0 Å². The summed E-state index contributed by atoms with van der Waals surface area (Å²) >= 11 is 0. The van der Waals surface area contributed by atoms with Gasteiger partial charge >= 0.3 is 5.97 Å². The number of ether oxygens (including phenoxy) is 1. The summed E-state index contributed by atoms with van der Waals surface area (Å²) in [5.74, 6) is 2.29. The number of terminal acetylenes is 1. The first-order chi connectivity index (χ1) is 7.55. The van der Waals surface area contributed by atoms with Gasteiger partial charge in [0.25, 0.3) is 0 Å². The van der Waals surface area contributed by atoms with Crippen molar-refractivity contribution in [3.05, 3.63) is 0 Å². The van der Waals surface area contributed by atoms with Crippen LogP contribution in [0, 0.1) is 12.3 Å². The molecule has 1 rings (SSSR count). The maximum absolute atomic E-state index is 11.8. The van der Waals surface area contributed by atoms with E-state index in [0.717, 1.165) is 13.0 Å². The van der Waals surface area contributed by atoms with Gasteiger partial charge < -0.3 is 4.74 Å². The first-order valence-electron chi connectivity index (χ1n) is 5.56. The fraction of sp³-hybridized carbons (Fsp3) is 0.750. The number of esters is 1. The Morgan fingerprint density at radius 2 is 2.38 bits per heavy atom. The van der Waals surface area contributed by atoms with Crippen molar-refractivity contribution in [2.45, 2.75) is 31.8 Å². The molecule has 4 heteroatoms. The highest BCUT2D eigenvalue weighted by atomic mass is 16.5. The normalized spacial score (nSPS) is 25.7. The Morgan fingerprint density at radius 1 is 1.69 bits per heavy atom. The van der Waals surface area contributed by atoms with Gasteiger partial charge in [0, 0.05) is 19.1 Å². The average Bonchev–Trinajstić information content (AvgIpc) is 2.71. The van der Waals surface area contributed by atoms with Crippen molar-refractivity contribution in [3.63, 3.8) is 0 Å². The van der Waals surface area contributed by atoms with Crippen LogP contribution in [0.3, 0.4) is 0 Å². The monoisotopic (exact) mass is 224 g/mol. The highest BCUT2D eigenvalue weighted by Crippen LogP contribution is 2.24. The number of carbonyl (C=O) groups excluding carboxylic acids is 1. The third-order valence-electron chi connectivity index (χ3n) is 3.13. The molecule has 0 aromatic carbocycles. The topological polar surface area (TPSA) is 41.6 Å². The second-order valence-electron chi connectivity index (χ2n) is 4.45. The Bertz CT molecular complexity index is 296. The van der Waals surface area contributed by atoms with Crippen LogP contribution in [-0.2, 0) is 9.53 Å². The van der Waals surface area contributed by atoms with Gasteiger partial charge in [0.15, 0.2) is 0 Å². The van der Waals surface area contributed by atoms with Gasteiger partial charge in [-0.05, 0) is 20.3 Å². The molecule has 0 radical (unpaired) electrons. The van der Waals surface area contributed by atoms with Crippen LogP contribution in [0.5, 0.6) is 0 Å². The lowest BCUT2D eigenvalue weighted by Gasteiger charge is -2.28. The maximum atomic E-state index is 11.8. The van der Waals surface area contributed by atoms with Gasteiger partial charge in [-0.15, -0.1) is 6.42 Å². The summed E-state index contributed by atoms with van der Waals surface area (Å²) in [7, 11) is 1.42. The molecule has 1 unspecified atom stereocenters. The quantitative estimate of drug-likeness (QED) is 0.548. The summed E-state index contributed by atoms with van der Waals surface area (Å²) in [6, 6.07) is 0.430. The first-order valence-corrected chi connectivity index (χ1v) is 5.56. The summed E-state index contributed by atoms with van der Waals surface area (Å²) < 4.78 is 4.87. The van der Waals surface area contributed by atoms with Crippen LogP contribution in [-0.4, -0.2) is 49.2 Å². The largest absolute Gasteiger partial charge is 0.468 e. The summed E-state index contributed by atoms with van der Waals surface area (Å²) in [4.78, 5) is 14.1. The van der Waals surface area contributed by atoms with Gasteiger partial charge in [-0.25, -0.2) is 0 Å². The molecule has 16 heavy (non-hydrogen) atoms. The number of nitrogens with zero attached hydrogens (tertiary/aromatic N) is 1. The molecule has 4 nitrogen and oxygen atoms in total. The number of hydrogen-bond acceptors (Lipinski definition) is 4. The fourth-order valence-corrected chi connectivity index (χ4v) is 2.08. The van der Waals surface area contributed by atoms with Crippen LogP contribution in [0.4, 0.5) is 0 Å². The van der Waals surface area contributed by atoms with Gasteiger partial charge in [0.2, 0.25) is 0 Å². The molecule has 0 aliphatic carbocycles. The summed E-state index contributed by atoms with van der Waals surface area (Å²) in [6.07, 6.45) is 5.97. The molecule has 1 N–H and O–H groups in total. The Kier molecular flexibility index (Phi) is 4.34. The average molecular weight is 224 g/mol. The molecular weight excluding hydrogens is 204 g/mol. The molecule has 0 aromatic rings. The van der Waals surface area contributed by atoms with Gasteiger partial charge in [0.05, 0.1) is 13.7 Å². The van der Waals surface area contributed by atoms with E-state index in [4.69, 9.17) is 11.2 Å². The van der Waals surface area contributed by atoms with Crippen LogP contribution in [0.15, 0.2) is 0 Å². The number of carbonyl (C=O) groups is 1. The number of methoxy groups -OCH3 is 1.